The summed E-state index contributed by atoms with van der Waals surface area (Å²) in [6.07, 6.45) is 4.99. The number of hydrogen-bond donors (Lipinski definition) is 0. The number of esters is 1. The molecule has 0 amide bonds. The minimum absolute atomic E-state index is 0.0263. The first kappa shape index (κ1) is 18.4. The summed E-state index contributed by atoms with van der Waals surface area (Å²) in [7, 11) is 0. The number of ether oxygens (including phenoxy) is 1. The van der Waals surface area contributed by atoms with E-state index in [9.17, 15) is 9.59 Å². The SMILES string of the molecule is C=Cc1nn(Cc2ccc(Cn3ccccc3=O)cc2)cc1C(=O)OCC. The molecular formula is C21H21N3O3. The molecule has 2 heterocycles. The zero-order valence-corrected chi connectivity index (χ0v) is 15.2. The highest BCUT2D eigenvalue weighted by molar-refractivity contribution is 5.92. The van der Waals surface area contributed by atoms with E-state index >= 15 is 0 Å². The second kappa shape index (κ2) is 8.31. The number of hydrogen-bond acceptors (Lipinski definition) is 4. The highest BCUT2D eigenvalue weighted by atomic mass is 16.5. The van der Waals surface area contributed by atoms with Gasteiger partial charge in [0.25, 0.3) is 5.56 Å². The lowest BCUT2D eigenvalue weighted by atomic mass is 10.1. The lowest BCUT2D eigenvalue weighted by molar-refractivity contribution is 0.0526. The molecule has 2 aromatic heterocycles. The zero-order chi connectivity index (χ0) is 19.2. The number of carbonyl (C=O) groups is 1. The number of carbonyl (C=O) groups excluding carboxylic acids is 1. The molecule has 0 saturated heterocycles. The Morgan fingerprint density at radius 1 is 1.15 bits per heavy atom. The van der Waals surface area contributed by atoms with Crippen LogP contribution in [0.3, 0.4) is 0 Å². The second-order valence-corrected chi connectivity index (χ2v) is 6.03. The second-order valence-electron chi connectivity index (χ2n) is 6.03. The Hall–Kier alpha value is -3.41. The van der Waals surface area contributed by atoms with E-state index in [1.165, 1.54) is 0 Å². The van der Waals surface area contributed by atoms with E-state index in [-0.39, 0.29) is 5.56 Å². The standard InChI is InChI=1S/C21H21N3O3/c1-3-19-18(21(26)27-4-2)15-24(22-19)14-17-10-8-16(9-11-17)13-23-12-6-5-7-20(23)25/h3,5-12,15H,1,4,13-14H2,2H3. The van der Waals surface area contributed by atoms with Crippen molar-refractivity contribution in [1.29, 1.82) is 0 Å². The van der Waals surface area contributed by atoms with Crippen molar-refractivity contribution < 1.29 is 9.53 Å². The maximum atomic E-state index is 12.0. The average molecular weight is 363 g/mol. The van der Waals surface area contributed by atoms with Crippen LogP contribution in [0, 0.1) is 0 Å². The van der Waals surface area contributed by atoms with Crippen LogP contribution in [0.25, 0.3) is 6.08 Å². The number of rotatable bonds is 7. The minimum atomic E-state index is -0.401. The number of benzene rings is 1. The smallest absolute Gasteiger partial charge is 0.341 e. The Bertz CT molecular complexity index is 1000. The predicted molar refractivity (Wildman–Crippen MR) is 104 cm³/mol. The van der Waals surface area contributed by atoms with Crippen LogP contribution in [0.15, 0.2) is 66.2 Å². The highest BCUT2D eigenvalue weighted by Crippen LogP contribution is 2.13. The first-order chi connectivity index (χ1) is 13.1. The van der Waals surface area contributed by atoms with Crippen molar-refractivity contribution >= 4 is 12.0 Å². The van der Waals surface area contributed by atoms with Crippen molar-refractivity contribution in [1.82, 2.24) is 14.3 Å². The summed E-state index contributed by atoms with van der Waals surface area (Å²) in [5.74, 6) is -0.401. The fraction of sp³-hybridized carbons (Fsp3) is 0.190. The molecule has 0 spiro atoms. The molecule has 0 aliphatic rings. The van der Waals surface area contributed by atoms with Gasteiger partial charge in [0.05, 0.1) is 25.4 Å². The largest absolute Gasteiger partial charge is 0.462 e. The van der Waals surface area contributed by atoms with E-state index in [1.807, 2.05) is 30.3 Å². The van der Waals surface area contributed by atoms with Crippen LogP contribution in [0.4, 0.5) is 0 Å². The summed E-state index contributed by atoms with van der Waals surface area (Å²) in [5, 5.41) is 4.38. The number of aromatic nitrogens is 3. The Labute approximate surface area is 157 Å². The first-order valence-corrected chi connectivity index (χ1v) is 8.71. The molecule has 0 saturated carbocycles. The maximum Gasteiger partial charge on any atom is 0.341 e. The zero-order valence-electron chi connectivity index (χ0n) is 15.2. The molecule has 6 heteroatoms. The van der Waals surface area contributed by atoms with E-state index in [0.29, 0.717) is 31.0 Å². The van der Waals surface area contributed by atoms with Crippen molar-refractivity contribution in [3.8, 4) is 0 Å². The summed E-state index contributed by atoms with van der Waals surface area (Å²) in [5.41, 5.74) is 2.96. The van der Waals surface area contributed by atoms with E-state index in [0.717, 1.165) is 11.1 Å². The molecule has 138 valence electrons. The first-order valence-electron chi connectivity index (χ1n) is 8.71. The van der Waals surface area contributed by atoms with Gasteiger partial charge in [-0.15, -0.1) is 0 Å². The fourth-order valence-corrected chi connectivity index (χ4v) is 2.76. The van der Waals surface area contributed by atoms with Crippen LogP contribution in [-0.2, 0) is 17.8 Å². The van der Waals surface area contributed by atoms with Crippen molar-refractivity contribution in [2.75, 3.05) is 6.61 Å². The van der Waals surface area contributed by atoms with E-state index in [4.69, 9.17) is 4.74 Å². The number of pyridine rings is 1. The quantitative estimate of drug-likeness (QED) is 0.606. The fourth-order valence-electron chi connectivity index (χ4n) is 2.76. The van der Waals surface area contributed by atoms with E-state index in [2.05, 4.69) is 11.7 Å². The average Bonchev–Trinajstić information content (AvgIpc) is 3.08. The van der Waals surface area contributed by atoms with Crippen LogP contribution in [-0.4, -0.2) is 26.9 Å². The Morgan fingerprint density at radius 3 is 2.48 bits per heavy atom. The third-order valence-electron chi connectivity index (χ3n) is 4.10. The van der Waals surface area contributed by atoms with Gasteiger partial charge in [0.15, 0.2) is 0 Å². The van der Waals surface area contributed by atoms with Gasteiger partial charge in [0, 0.05) is 18.5 Å². The normalized spacial score (nSPS) is 10.6. The molecule has 1 aromatic carbocycles. The summed E-state index contributed by atoms with van der Waals surface area (Å²) < 4.78 is 8.40. The van der Waals surface area contributed by atoms with Gasteiger partial charge in [-0.3, -0.25) is 9.48 Å². The van der Waals surface area contributed by atoms with Crippen molar-refractivity contribution in [2.24, 2.45) is 0 Å². The molecule has 0 radical (unpaired) electrons. The van der Waals surface area contributed by atoms with Crippen LogP contribution in [0.5, 0.6) is 0 Å². The Morgan fingerprint density at radius 2 is 1.85 bits per heavy atom. The van der Waals surface area contributed by atoms with E-state index < -0.39 is 5.97 Å². The molecule has 3 rings (SSSR count). The van der Waals surface area contributed by atoms with E-state index in [1.54, 1.807) is 46.8 Å². The van der Waals surface area contributed by atoms with Gasteiger partial charge in [-0.1, -0.05) is 36.9 Å². The highest BCUT2D eigenvalue weighted by Gasteiger charge is 2.15. The molecule has 0 fully saturated rings. The molecule has 0 unspecified atom stereocenters. The van der Waals surface area contributed by atoms with Gasteiger partial charge in [-0.25, -0.2) is 4.79 Å². The Balaban J connectivity index is 1.73. The molecule has 0 N–H and O–H groups in total. The molecular weight excluding hydrogens is 342 g/mol. The van der Waals surface area contributed by atoms with Crippen LogP contribution in [0.2, 0.25) is 0 Å². The minimum Gasteiger partial charge on any atom is -0.462 e. The van der Waals surface area contributed by atoms with Gasteiger partial charge in [-0.05, 0) is 30.2 Å². The topological polar surface area (TPSA) is 66.1 Å². The predicted octanol–water partition coefficient (Wildman–Crippen LogP) is 2.96. The third kappa shape index (κ3) is 4.41. The van der Waals surface area contributed by atoms with Crippen molar-refractivity contribution in [3.63, 3.8) is 0 Å². The Kier molecular flexibility index (Phi) is 5.66. The van der Waals surface area contributed by atoms with Gasteiger partial charge < -0.3 is 9.30 Å². The van der Waals surface area contributed by atoms with Crippen molar-refractivity contribution in [3.05, 3.63) is 94.2 Å². The van der Waals surface area contributed by atoms with Gasteiger partial charge >= 0.3 is 5.97 Å². The molecule has 27 heavy (non-hydrogen) atoms. The summed E-state index contributed by atoms with van der Waals surface area (Å²) >= 11 is 0. The molecule has 0 aliphatic heterocycles. The molecule has 3 aromatic rings. The lowest BCUT2D eigenvalue weighted by Crippen LogP contribution is -2.18. The van der Waals surface area contributed by atoms with Gasteiger partial charge in [-0.2, -0.15) is 5.10 Å². The van der Waals surface area contributed by atoms with Crippen molar-refractivity contribution in [2.45, 2.75) is 20.0 Å². The lowest BCUT2D eigenvalue weighted by Gasteiger charge is -2.07. The molecule has 6 nitrogen and oxygen atoms in total. The third-order valence-corrected chi connectivity index (χ3v) is 4.10. The van der Waals surface area contributed by atoms with Gasteiger partial charge in [0.2, 0.25) is 0 Å². The van der Waals surface area contributed by atoms with Gasteiger partial charge in [0.1, 0.15) is 5.56 Å². The molecule has 0 aliphatic carbocycles. The van der Waals surface area contributed by atoms with Crippen LogP contribution in [0.1, 0.15) is 34.1 Å². The molecule has 0 bridgehead atoms. The monoisotopic (exact) mass is 363 g/mol. The van der Waals surface area contributed by atoms with Crippen LogP contribution >= 0.6 is 0 Å². The summed E-state index contributed by atoms with van der Waals surface area (Å²) in [6, 6.07) is 13.1. The van der Waals surface area contributed by atoms with Crippen LogP contribution < -0.4 is 5.56 Å². The summed E-state index contributed by atoms with van der Waals surface area (Å²) in [4.78, 5) is 23.8. The molecule has 0 atom stereocenters. The maximum absolute atomic E-state index is 12.0. The summed E-state index contributed by atoms with van der Waals surface area (Å²) in [6.45, 7) is 6.82. The number of nitrogens with zero attached hydrogens (tertiary/aromatic N) is 3.